The van der Waals surface area contributed by atoms with Crippen LogP contribution in [0.4, 0.5) is 5.13 Å². The van der Waals surface area contributed by atoms with Crippen LogP contribution in [0.15, 0.2) is 24.4 Å². The number of carbonyl (C=O) groups excluding carboxylic acids is 1. The molecule has 1 aromatic carbocycles. The van der Waals surface area contributed by atoms with E-state index < -0.39 is 0 Å². The third-order valence-corrected chi connectivity index (χ3v) is 3.51. The van der Waals surface area contributed by atoms with E-state index in [1.807, 2.05) is 32.0 Å². The molecule has 0 aliphatic carbocycles. The lowest BCUT2D eigenvalue weighted by molar-refractivity contribution is 0.102. The van der Waals surface area contributed by atoms with Crippen molar-refractivity contribution in [2.75, 3.05) is 11.9 Å². The zero-order valence-electron chi connectivity index (χ0n) is 11.4. The molecule has 0 fully saturated rings. The Morgan fingerprint density at radius 3 is 3.00 bits per heavy atom. The van der Waals surface area contributed by atoms with E-state index in [4.69, 9.17) is 5.73 Å². The van der Waals surface area contributed by atoms with Crippen molar-refractivity contribution in [3.8, 4) is 11.8 Å². The second-order valence-corrected chi connectivity index (χ2v) is 5.34. The highest BCUT2D eigenvalue weighted by Crippen LogP contribution is 2.19. The molecule has 0 unspecified atom stereocenters. The average molecular weight is 285 g/mol. The lowest BCUT2D eigenvalue weighted by Crippen LogP contribution is -2.13. The minimum absolute atomic E-state index is 0.154. The summed E-state index contributed by atoms with van der Waals surface area (Å²) in [5, 5.41) is 3.33. The Kier molecular flexibility index (Phi) is 4.51. The zero-order valence-corrected chi connectivity index (χ0v) is 12.2. The minimum atomic E-state index is -0.154. The van der Waals surface area contributed by atoms with Gasteiger partial charge in [0.15, 0.2) is 5.13 Å². The van der Waals surface area contributed by atoms with Crippen LogP contribution in [0, 0.1) is 25.7 Å². The van der Waals surface area contributed by atoms with Gasteiger partial charge in [-0.05, 0) is 25.5 Å². The Morgan fingerprint density at radius 1 is 1.45 bits per heavy atom. The lowest BCUT2D eigenvalue weighted by atomic mass is 10.1. The van der Waals surface area contributed by atoms with Crippen molar-refractivity contribution in [3.05, 3.63) is 46.0 Å². The number of hydrogen-bond donors (Lipinski definition) is 2. The Labute approximate surface area is 122 Å². The molecular weight excluding hydrogens is 270 g/mol. The molecule has 0 saturated carbocycles. The molecule has 2 rings (SSSR count). The first-order valence-corrected chi connectivity index (χ1v) is 6.95. The molecule has 0 bridgehead atoms. The maximum Gasteiger partial charge on any atom is 0.257 e. The Balaban J connectivity index is 2.15. The number of amides is 1. The smallest absolute Gasteiger partial charge is 0.257 e. The number of aryl methyl sites for hydroxylation is 2. The van der Waals surface area contributed by atoms with Gasteiger partial charge in [0, 0.05) is 5.56 Å². The van der Waals surface area contributed by atoms with Crippen molar-refractivity contribution >= 4 is 22.4 Å². The fourth-order valence-electron chi connectivity index (χ4n) is 1.67. The SMILES string of the molecule is Cc1ccc(C)c(C(=O)Nc2ncc(C#CCN)s2)c1. The average Bonchev–Trinajstić information content (AvgIpc) is 2.86. The highest BCUT2D eigenvalue weighted by Gasteiger charge is 2.11. The topological polar surface area (TPSA) is 68.0 Å². The minimum Gasteiger partial charge on any atom is -0.320 e. The number of hydrogen-bond acceptors (Lipinski definition) is 4. The van der Waals surface area contributed by atoms with E-state index in [1.165, 1.54) is 11.3 Å². The van der Waals surface area contributed by atoms with Gasteiger partial charge >= 0.3 is 0 Å². The molecule has 0 radical (unpaired) electrons. The summed E-state index contributed by atoms with van der Waals surface area (Å²) in [5.41, 5.74) is 7.96. The van der Waals surface area contributed by atoms with Gasteiger partial charge in [-0.1, -0.05) is 40.9 Å². The molecule has 0 saturated heterocycles. The third-order valence-electron chi connectivity index (χ3n) is 2.68. The summed E-state index contributed by atoms with van der Waals surface area (Å²) < 4.78 is 0. The molecule has 2 aromatic rings. The summed E-state index contributed by atoms with van der Waals surface area (Å²) in [6.45, 7) is 4.18. The summed E-state index contributed by atoms with van der Waals surface area (Å²) in [5.74, 6) is 5.49. The Bertz CT molecular complexity index is 695. The predicted octanol–water partition coefficient (Wildman–Crippen LogP) is 2.32. The second kappa shape index (κ2) is 6.33. The Morgan fingerprint density at radius 2 is 2.25 bits per heavy atom. The normalized spacial score (nSPS) is 9.75. The van der Waals surface area contributed by atoms with Crippen molar-refractivity contribution in [3.63, 3.8) is 0 Å². The van der Waals surface area contributed by atoms with Crippen LogP contribution in [0.2, 0.25) is 0 Å². The van der Waals surface area contributed by atoms with Gasteiger partial charge in [0.25, 0.3) is 5.91 Å². The number of thiazole rings is 1. The Hall–Kier alpha value is -2.16. The molecule has 0 aliphatic rings. The fraction of sp³-hybridized carbons (Fsp3) is 0.200. The molecule has 1 aromatic heterocycles. The molecule has 3 N–H and O–H groups in total. The molecular formula is C15H15N3OS. The third kappa shape index (κ3) is 3.44. The maximum atomic E-state index is 12.2. The quantitative estimate of drug-likeness (QED) is 0.832. The number of anilines is 1. The van der Waals surface area contributed by atoms with Gasteiger partial charge in [-0.3, -0.25) is 10.1 Å². The van der Waals surface area contributed by atoms with Crippen LogP contribution in [0.25, 0.3) is 0 Å². The number of nitrogens with two attached hydrogens (primary N) is 1. The van der Waals surface area contributed by atoms with Crippen LogP contribution < -0.4 is 11.1 Å². The number of nitrogens with zero attached hydrogens (tertiary/aromatic N) is 1. The van der Waals surface area contributed by atoms with Crippen molar-refractivity contribution in [1.82, 2.24) is 4.98 Å². The maximum absolute atomic E-state index is 12.2. The number of benzene rings is 1. The highest BCUT2D eigenvalue weighted by molar-refractivity contribution is 7.16. The van der Waals surface area contributed by atoms with Crippen LogP contribution in [-0.4, -0.2) is 17.4 Å². The van der Waals surface area contributed by atoms with Gasteiger partial charge < -0.3 is 5.73 Å². The molecule has 1 amide bonds. The number of aromatic nitrogens is 1. The summed E-state index contributed by atoms with van der Waals surface area (Å²) in [6, 6.07) is 5.79. The van der Waals surface area contributed by atoms with Gasteiger partial charge in [-0.15, -0.1) is 0 Å². The fourth-order valence-corrected chi connectivity index (χ4v) is 2.36. The number of nitrogens with one attached hydrogen (secondary N) is 1. The van der Waals surface area contributed by atoms with E-state index in [2.05, 4.69) is 22.1 Å². The van der Waals surface area contributed by atoms with Gasteiger partial charge in [-0.25, -0.2) is 4.98 Å². The van der Waals surface area contributed by atoms with Gasteiger partial charge in [0.1, 0.15) is 0 Å². The predicted molar refractivity (Wildman–Crippen MR) is 81.9 cm³/mol. The van der Waals surface area contributed by atoms with Crippen LogP contribution >= 0.6 is 11.3 Å². The molecule has 0 spiro atoms. The van der Waals surface area contributed by atoms with E-state index in [0.717, 1.165) is 16.0 Å². The molecule has 5 heteroatoms. The van der Waals surface area contributed by atoms with E-state index in [1.54, 1.807) is 6.20 Å². The van der Waals surface area contributed by atoms with Crippen molar-refractivity contribution < 1.29 is 4.79 Å². The van der Waals surface area contributed by atoms with Crippen molar-refractivity contribution in [2.45, 2.75) is 13.8 Å². The monoisotopic (exact) mass is 285 g/mol. The van der Waals surface area contributed by atoms with E-state index in [9.17, 15) is 4.79 Å². The molecule has 102 valence electrons. The summed E-state index contributed by atoms with van der Waals surface area (Å²) in [6.07, 6.45) is 1.63. The summed E-state index contributed by atoms with van der Waals surface area (Å²) >= 11 is 1.33. The van der Waals surface area contributed by atoms with Crippen LogP contribution in [0.5, 0.6) is 0 Å². The number of rotatable bonds is 2. The standard InChI is InChI=1S/C15H15N3OS/c1-10-5-6-11(2)13(8-10)14(19)18-15-17-9-12(20-15)4-3-7-16/h5-6,8-9H,7,16H2,1-2H3,(H,17,18,19). The molecule has 0 atom stereocenters. The van der Waals surface area contributed by atoms with Crippen LogP contribution in [-0.2, 0) is 0 Å². The molecule has 0 aliphatic heterocycles. The van der Waals surface area contributed by atoms with Gasteiger partial charge in [0.2, 0.25) is 0 Å². The summed E-state index contributed by atoms with van der Waals surface area (Å²) in [4.78, 5) is 17.1. The number of carbonyl (C=O) groups is 1. The van der Waals surface area contributed by atoms with Crippen molar-refractivity contribution in [2.24, 2.45) is 5.73 Å². The van der Waals surface area contributed by atoms with E-state index in [-0.39, 0.29) is 5.91 Å². The first-order valence-electron chi connectivity index (χ1n) is 6.13. The van der Waals surface area contributed by atoms with Crippen LogP contribution in [0.1, 0.15) is 26.4 Å². The molecule has 4 nitrogen and oxygen atoms in total. The van der Waals surface area contributed by atoms with Gasteiger partial charge in [0.05, 0.1) is 17.6 Å². The first-order chi connectivity index (χ1) is 9.60. The largest absolute Gasteiger partial charge is 0.320 e. The van der Waals surface area contributed by atoms with E-state index >= 15 is 0 Å². The van der Waals surface area contributed by atoms with Gasteiger partial charge in [-0.2, -0.15) is 0 Å². The molecule has 20 heavy (non-hydrogen) atoms. The second-order valence-electron chi connectivity index (χ2n) is 4.31. The highest BCUT2D eigenvalue weighted by atomic mass is 32.1. The first kappa shape index (κ1) is 14.3. The summed E-state index contributed by atoms with van der Waals surface area (Å²) in [7, 11) is 0. The van der Waals surface area contributed by atoms with Crippen molar-refractivity contribution in [1.29, 1.82) is 0 Å². The molecule has 1 heterocycles. The zero-order chi connectivity index (χ0) is 14.5. The lowest BCUT2D eigenvalue weighted by Gasteiger charge is -2.06. The van der Waals surface area contributed by atoms with Crippen LogP contribution in [0.3, 0.4) is 0 Å². The van der Waals surface area contributed by atoms with E-state index in [0.29, 0.717) is 17.2 Å².